The molecule has 2 aromatic heterocycles. The molecule has 2 fully saturated rings. The molecule has 0 aliphatic heterocycles. The minimum absolute atomic E-state index is 0.0906. The first-order valence-electron chi connectivity index (χ1n) is 10.9. The average Bonchev–Trinajstić information content (AvgIpc) is 3.53. The van der Waals surface area contributed by atoms with Gasteiger partial charge in [-0.05, 0) is 61.9 Å². The van der Waals surface area contributed by atoms with E-state index in [1.165, 1.54) is 12.1 Å². The fourth-order valence-corrected chi connectivity index (χ4v) is 5.76. The Morgan fingerprint density at radius 1 is 1.15 bits per heavy atom. The largest absolute Gasteiger partial charge is 0.433 e. The van der Waals surface area contributed by atoms with Gasteiger partial charge < -0.3 is 4.57 Å². The molecular formula is C23H22F5N3O2S. The van der Waals surface area contributed by atoms with Crippen LogP contribution in [0.3, 0.4) is 0 Å². The SMILES string of the molecule is Cc1cnc(C(F)(F)F)c(-c2cc3c(cc2F)c(CNS(=O)(=O)C2CC2)cn3C2CC(F)C2)c1. The van der Waals surface area contributed by atoms with Crippen molar-refractivity contribution in [1.82, 2.24) is 14.3 Å². The molecule has 0 radical (unpaired) electrons. The van der Waals surface area contributed by atoms with Crippen LogP contribution in [0, 0.1) is 12.7 Å². The monoisotopic (exact) mass is 499 g/mol. The van der Waals surface area contributed by atoms with Crippen molar-refractivity contribution in [3.05, 3.63) is 53.2 Å². The summed E-state index contributed by atoms with van der Waals surface area (Å²) >= 11 is 0. The zero-order valence-electron chi connectivity index (χ0n) is 18.2. The maximum Gasteiger partial charge on any atom is 0.433 e. The Hall–Kier alpha value is -2.53. The number of aryl methyl sites for hydroxylation is 1. The van der Waals surface area contributed by atoms with Gasteiger partial charge in [-0.2, -0.15) is 13.2 Å². The quantitative estimate of drug-likeness (QED) is 0.461. The lowest BCUT2D eigenvalue weighted by Gasteiger charge is -2.31. The number of nitrogens with zero attached hydrogens (tertiary/aromatic N) is 2. The van der Waals surface area contributed by atoms with Gasteiger partial charge in [0.05, 0.1) is 5.25 Å². The van der Waals surface area contributed by atoms with E-state index in [-0.39, 0.29) is 36.6 Å². The molecule has 0 spiro atoms. The Labute approximate surface area is 193 Å². The second-order valence-electron chi connectivity index (χ2n) is 9.11. The molecule has 0 saturated heterocycles. The van der Waals surface area contributed by atoms with Gasteiger partial charge in [-0.25, -0.2) is 21.9 Å². The minimum Gasteiger partial charge on any atom is -0.344 e. The summed E-state index contributed by atoms with van der Waals surface area (Å²) in [6.07, 6.45) is -1.44. The zero-order valence-corrected chi connectivity index (χ0v) is 19.0. The predicted octanol–water partition coefficient (Wildman–Crippen LogP) is 5.42. The van der Waals surface area contributed by atoms with Crippen LogP contribution >= 0.6 is 0 Å². The van der Waals surface area contributed by atoms with Crippen LogP contribution in [-0.4, -0.2) is 29.4 Å². The first-order chi connectivity index (χ1) is 15.9. The Morgan fingerprint density at radius 3 is 2.47 bits per heavy atom. The Morgan fingerprint density at radius 2 is 1.85 bits per heavy atom. The van der Waals surface area contributed by atoms with Gasteiger partial charge in [0.25, 0.3) is 0 Å². The van der Waals surface area contributed by atoms with Gasteiger partial charge in [-0.15, -0.1) is 0 Å². The van der Waals surface area contributed by atoms with Gasteiger partial charge in [0.2, 0.25) is 10.0 Å². The van der Waals surface area contributed by atoms with Crippen molar-refractivity contribution in [3.8, 4) is 11.1 Å². The lowest BCUT2D eigenvalue weighted by Crippen LogP contribution is -2.28. The highest BCUT2D eigenvalue weighted by atomic mass is 32.2. The standard InChI is InChI=1S/C23H22F5N3O2S/c1-12-4-19(22(29-9-12)23(26,27)28)18-8-21-17(7-20(18)25)13(10-30-34(32,33)16-2-3-16)11-31(21)15-5-14(24)6-15/h4,7-9,11,14-16,30H,2-3,5-6,10H2,1H3. The summed E-state index contributed by atoms with van der Waals surface area (Å²) < 4.78 is 98.5. The van der Waals surface area contributed by atoms with Gasteiger partial charge >= 0.3 is 6.18 Å². The number of halogens is 5. The van der Waals surface area contributed by atoms with Crippen molar-refractivity contribution >= 4 is 20.9 Å². The highest BCUT2D eigenvalue weighted by Crippen LogP contribution is 2.42. The van der Waals surface area contributed by atoms with Crippen LogP contribution in [0.1, 0.15) is 48.5 Å². The van der Waals surface area contributed by atoms with E-state index in [0.717, 1.165) is 12.3 Å². The molecule has 2 aliphatic carbocycles. The smallest absolute Gasteiger partial charge is 0.344 e. The molecule has 5 rings (SSSR count). The molecule has 5 nitrogen and oxygen atoms in total. The van der Waals surface area contributed by atoms with Gasteiger partial charge in [0.1, 0.15) is 12.0 Å². The molecule has 1 N–H and O–H groups in total. The molecule has 3 aromatic rings. The first kappa shape index (κ1) is 23.2. The predicted molar refractivity (Wildman–Crippen MR) is 117 cm³/mol. The van der Waals surface area contributed by atoms with E-state index in [9.17, 15) is 26.0 Å². The third-order valence-electron chi connectivity index (χ3n) is 6.46. The van der Waals surface area contributed by atoms with Gasteiger partial charge in [-0.1, -0.05) is 0 Å². The number of alkyl halides is 4. The number of aromatic nitrogens is 2. The van der Waals surface area contributed by atoms with Crippen molar-refractivity contribution in [3.63, 3.8) is 0 Å². The highest BCUT2D eigenvalue weighted by Gasteiger charge is 2.38. The second-order valence-corrected chi connectivity index (χ2v) is 11.2. The van der Waals surface area contributed by atoms with Gasteiger partial charge in [0.15, 0.2) is 5.69 Å². The van der Waals surface area contributed by atoms with Crippen molar-refractivity contribution < 1.29 is 30.4 Å². The van der Waals surface area contributed by atoms with E-state index in [2.05, 4.69) is 9.71 Å². The number of benzene rings is 1. The number of sulfonamides is 1. The van der Waals surface area contributed by atoms with E-state index >= 15 is 4.39 Å². The number of nitrogens with one attached hydrogen (secondary N) is 1. The van der Waals surface area contributed by atoms with Crippen LogP contribution in [0.4, 0.5) is 22.0 Å². The number of rotatable bonds is 6. The van der Waals surface area contributed by atoms with Crippen molar-refractivity contribution in [2.45, 2.75) is 62.8 Å². The van der Waals surface area contributed by atoms with E-state index in [0.29, 0.717) is 34.9 Å². The fourth-order valence-electron chi connectivity index (χ4n) is 4.41. The lowest BCUT2D eigenvalue weighted by molar-refractivity contribution is -0.140. The zero-order chi connectivity index (χ0) is 24.4. The van der Waals surface area contributed by atoms with Crippen LogP contribution in [0.15, 0.2) is 30.6 Å². The normalized spacial score (nSPS) is 21.1. The van der Waals surface area contributed by atoms with E-state index in [1.807, 2.05) is 0 Å². The van der Waals surface area contributed by atoms with Crippen molar-refractivity contribution in [2.24, 2.45) is 0 Å². The Kier molecular flexibility index (Phi) is 5.47. The minimum atomic E-state index is -4.78. The number of hydrogen-bond acceptors (Lipinski definition) is 3. The van der Waals surface area contributed by atoms with Crippen LogP contribution in [0.25, 0.3) is 22.0 Å². The molecule has 11 heteroatoms. The molecule has 2 heterocycles. The maximum atomic E-state index is 15.3. The Bertz CT molecular complexity index is 1370. The van der Waals surface area contributed by atoms with E-state index < -0.39 is 39.1 Å². The molecule has 1 aromatic carbocycles. The van der Waals surface area contributed by atoms with Crippen LogP contribution in [-0.2, 0) is 22.7 Å². The summed E-state index contributed by atoms with van der Waals surface area (Å²) in [4.78, 5) is 3.50. The van der Waals surface area contributed by atoms with Crippen molar-refractivity contribution in [2.75, 3.05) is 0 Å². The van der Waals surface area contributed by atoms with E-state index in [4.69, 9.17) is 0 Å². The summed E-state index contributed by atoms with van der Waals surface area (Å²) in [5.74, 6) is -0.883. The highest BCUT2D eigenvalue weighted by molar-refractivity contribution is 7.90. The molecule has 2 aliphatic rings. The maximum absolute atomic E-state index is 15.3. The molecule has 2 saturated carbocycles. The lowest BCUT2D eigenvalue weighted by atomic mass is 9.90. The van der Waals surface area contributed by atoms with Crippen LogP contribution in [0.2, 0.25) is 0 Å². The number of pyridine rings is 1. The molecular weight excluding hydrogens is 477 g/mol. The van der Waals surface area contributed by atoms with Crippen LogP contribution in [0.5, 0.6) is 0 Å². The molecule has 0 amide bonds. The summed E-state index contributed by atoms with van der Waals surface area (Å²) in [6.45, 7) is 1.47. The summed E-state index contributed by atoms with van der Waals surface area (Å²) in [5.41, 5.74) is -0.509. The first-order valence-corrected chi connectivity index (χ1v) is 12.5. The number of hydrogen-bond donors (Lipinski definition) is 1. The second kappa shape index (κ2) is 8.01. The van der Waals surface area contributed by atoms with E-state index in [1.54, 1.807) is 17.7 Å². The molecule has 182 valence electrons. The average molecular weight is 500 g/mol. The number of fused-ring (bicyclic) bond motifs is 1. The summed E-state index contributed by atoms with van der Waals surface area (Å²) in [5, 5.41) is -0.0612. The van der Waals surface area contributed by atoms with Gasteiger partial charge in [-0.3, -0.25) is 4.98 Å². The third kappa shape index (κ3) is 4.19. The molecule has 0 unspecified atom stereocenters. The van der Waals surface area contributed by atoms with Crippen molar-refractivity contribution in [1.29, 1.82) is 0 Å². The summed E-state index contributed by atoms with van der Waals surface area (Å²) in [7, 11) is -3.50. The van der Waals surface area contributed by atoms with Crippen LogP contribution < -0.4 is 4.72 Å². The molecule has 34 heavy (non-hydrogen) atoms. The Balaban J connectivity index is 1.63. The molecule has 0 bridgehead atoms. The topological polar surface area (TPSA) is 64.0 Å². The molecule has 0 atom stereocenters. The fraction of sp³-hybridized carbons (Fsp3) is 0.435. The summed E-state index contributed by atoms with van der Waals surface area (Å²) in [6, 6.07) is 3.43. The third-order valence-corrected chi connectivity index (χ3v) is 8.36. The van der Waals surface area contributed by atoms with Gasteiger partial charge in [0, 0.05) is 47.0 Å².